The summed E-state index contributed by atoms with van der Waals surface area (Å²) in [5, 5.41) is 0. The molecule has 1 aromatic carbocycles. The molecule has 0 amide bonds. The van der Waals surface area contributed by atoms with Crippen LogP contribution in [0.3, 0.4) is 0 Å². The number of aromatic nitrogens is 1. The lowest BCUT2D eigenvalue weighted by Gasteiger charge is -2.05. The van der Waals surface area contributed by atoms with Crippen molar-refractivity contribution >= 4 is 11.7 Å². The maximum Gasteiger partial charge on any atom is 0.355 e. The van der Waals surface area contributed by atoms with Crippen LogP contribution in [0.4, 0.5) is 5.69 Å². The van der Waals surface area contributed by atoms with Crippen LogP contribution >= 0.6 is 0 Å². The molecule has 0 spiro atoms. The van der Waals surface area contributed by atoms with Crippen molar-refractivity contribution in [2.24, 2.45) is 7.05 Å². The highest BCUT2D eigenvalue weighted by Gasteiger charge is 2.12. The topological polar surface area (TPSA) is 57.2 Å². The van der Waals surface area contributed by atoms with E-state index in [-0.39, 0.29) is 12.6 Å². The molecular weight excluding hydrogens is 240 g/mol. The van der Waals surface area contributed by atoms with Crippen LogP contribution < -0.4 is 5.73 Å². The second-order valence-electron chi connectivity index (χ2n) is 3.83. The Bertz CT molecular complexity index is 518. The number of esters is 1. The van der Waals surface area contributed by atoms with Gasteiger partial charge in [-0.2, -0.15) is 0 Å². The number of nitrogens with zero attached hydrogens (tertiary/aromatic N) is 1. The molecule has 1 aromatic heterocycles. The highest BCUT2D eigenvalue weighted by atomic mass is 16.5. The molecule has 4 heteroatoms. The molecule has 4 nitrogen and oxygen atoms in total. The van der Waals surface area contributed by atoms with Gasteiger partial charge in [0.1, 0.15) is 12.3 Å². The molecule has 2 rings (SSSR count). The summed E-state index contributed by atoms with van der Waals surface area (Å²) in [6, 6.07) is 11.2. The van der Waals surface area contributed by atoms with Crippen LogP contribution in [-0.2, 0) is 18.4 Å². The molecule has 102 valence electrons. The number of carbonyl (C=O) groups is 1. The van der Waals surface area contributed by atoms with Gasteiger partial charge in [0.2, 0.25) is 0 Å². The van der Waals surface area contributed by atoms with Crippen molar-refractivity contribution in [1.82, 2.24) is 4.57 Å². The van der Waals surface area contributed by atoms with Crippen molar-refractivity contribution < 1.29 is 9.53 Å². The number of rotatable bonds is 3. The highest BCUT2D eigenvalue weighted by molar-refractivity contribution is 5.89. The summed E-state index contributed by atoms with van der Waals surface area (Å²) >= 11 is 0. The van der Waals surface area contributed by atoms with E-state index < -0.39 is 0 Å². The van der Waals surface area contributed by atoms with Gasteiger partial charge in [0.05, 0.1) is 5.69 Å². The van der Waals surface area contributed by atoms with Gasteiger partial charge in [0, 0.05) is 13.2 Å². The molecule has 0 aliphatic carbocycles. The Kier molecular flexibility index (Phi) is 5.67. The minimum atomic E-state index is -0.368. The number of carbonyl (C=O) groups excluding carboxylic acids is 1. The van der Waals surface area contributed by atoms with Crippen LogP contribution in [0, 0.1) is 0 Å². The molecule has 1 heterocycles. The first kappa shape index (κ1) is 14.8. The van der Waals surface area contributed by atoms with Crippen LogP contribution in [0.2, 0.25) is 0 Å². The third-order valence-electron chi connectivity index (χ3n) is 2.45. The van der Waals surface area contributed by atoms with Gasteiger partial charge in [0.25, 0.3) is 0 Å². The minimum absolute atomic E-state index is 0.269. The molecule has 0 saturated heterocycles. The number of ether oxygens (including phenoxy) is 1. The second kappa shape index (κ2) is 7.26. The fourth-order valence-corrected chi connectivity index (χ4v) is 1.59. The van der Waals surface area contributed by atoms with Crippen LogP contribution in [0.5, 0.6) is 0 Å². The fourth-order valence-electron chi connectivity index (χ4n) is 1.59. The number of benzene rings is 1. The van der Waals surface area contributed by atoms with Gasteiger partial charge in [-0.3, -0.25) is 0 Å². The zero-order chi connectivity index (χ0) is 14.3. The van der Waals surface area contributed by atoms with Crippen LogP contribution in [0.15, 0.2) is 42.6 Å². The van der Waals surface area contributed by atoms with E-state index in [0.29, 0.717) is 11.4 Å². The van der Waals surface area contributed by atoms with Gasteiger partial charge in [-0.25, -0.2) is 4.79 Å². The van der Waals surface area contributed by atoms with E-state index >= 15 is 0 Å². The average molecular weight is 260 g/mol. The second-order valence-corrected chi connectivity index (χ2v) is 3.83. The van der Waals surface area contributed by atoms with Gasteiger partial charge < -0.3 is 15.0 Å². The number of nitrogen functional groups attached to an aromatic ring is 1. The minimum Gasteiger partial charge on any atom is -0.456 e. The van der Waals surface area contributed by atoms with Crippen molar-refractivity contribution in [2.45, 2.75) is 20.5 Å². The maximum absolute atomic E-state index is 11.8. The first-order valence-corrected chi connectivity index (χ1v) is 6.29. The fraction of sp³-hybridized carbons (Fsp3) is 0.267. The van der Waals surface area contributed by atoms with Gasteiger partial charge in [-0.15, -0.1) is 0 Å². The van der Waals surface area contributed by atoms with E-state index in [1.807, 2.05) is 44.2 Å². The van der Waals surface area contributed by atoms with Crippen molar-refractivity contribution in [3.8, 4) is 0 Å². The Morgan fingerprint density at radius 2 is 1.89 bits per heavy atom. The van der Waals surface area contributed by atoms with E-state index in [2.05, 4.69) is 0 Å². The largest absolute Gasteiger partial charge is 0.456 e. The Balaban J connectivity index is 0.000000861. The first-order valence-electron chi connectivity index (χ1n) is 6.29. The molecule has 19 heavy (non-hydrogen) atoms. The smallest absolute Gasteiger partial charge is 0.355 e. The number of aryl methyl sites for hydroxylation is 1. The summed E-state index contributed by atoms with van der Waals surface area (Å²) < 4.78 is 6.85. The normalized spacial score (nSPS) is 9.42. The third-order valence-corrected chi connectivity index (χ3v) is 2.45. The number of hydrogen-bond acceptors (Lipinski definition) is 3. The molecule has 0 saturated carbocycles. The summed E-state index contributed by atoms with van der Waals surface area (Å²) in [5.41, 5.74) is 7.57. The molecule has 2 N–H and O–H groups in total. The standard InChI is InChI=1S/C13H14N2O2.C2H6/c1-15-8-11(14)7-12(15)13(16)17-9-10-5-3-2-4-6-10;1-2/h2-8H,9,14H2,1H3;1-2H3. The monoisotopic (exact) mass is 260 g/mol. The summed E-state index contributed by atoms with van der Waals surface area (Å²) in [6.45, 7) is 4.27. The van der Waals surface area contributed by atoms with Crippen molar-refractivity contribution in [1.29, 1.82) is 0 Å². The Morgan fingerprint density at radius 1 is 1.26 bits per heavy atom. The third kappa shape index (κ3) is 4.17. The summed E-state index contributed by atoms with van der Waals surface area (Å²) in [7, 11) is 1.76. The van der Waals surface area contributed by atoms with Gasteiger partial charge in [0.15, 0.2) is 0 Å². The van der Waals surface area contributed by atoms with E-state index in [1.54, 1.807) is 23.9 Å². The predicted octanol–water partition coefficient (Wildman–Crippen LogP) is 2.99. The summed E-state index contributed by atoms with van der Waals surface area (Å²) in [4.78, 5) is 11.8. The quantitative estimate of drug-likeness (QED) is 0.863. The number of hydrogen-bond donors (Lipinski definition) is 1. The van der Waals surface area contributed by atoms with Gasteiger partial charge >= 0.3 is 5.97 Å². The molecule has 2 aromatic rings. The van der Waals surface area contributed by atoms with Crippen LogP contribution in [0.25, 0.3) is 0 Å². The molecule has 0 bridgehead atoms. The molecule has 0 unspecified atom stereocenters. The molecule has 0 aliphatic rings. The zero-order valence-corrected chi connectivity index (χ0v) is 11.6. The molecule has 0 aliphatic heterocycles. The predicted molar refractivity (Wildman–Crippen MR) is 76.7 cm³/mol. The lowest BCUT2D eigenvalue weighted by Crippen LogP contribution is -2.09. The van der Waals surface area contributed by atoms with Crippen LogP contribution in [0.1, 0.15) is 29.9 Å². The highest BCUT2D eigenvalue weighted by Crippen LogP contribution is 2.11. The van der Waals surface area contributed by atoms with Gasteiger partial charge in [-0.1, -0.05) is 44.2 Å². The number of anilines is 1. The van der Waals surface area contributed by atoms with Gasteiger partial charge in [-0.05, 0) is 11.6 Å². The van der Waals surface area contributed by atoms with E-state index in [1.165, 1.54) is 0 Å². The Morgan fingerprint density at radius 3 is 2.42 bits per heavy atom. The van der Waals surface area contributed by atoms with Crippen LogP contribution in [-0.4, -0.2) is 10.5 Å². The zero-order valence-electron chi connectivity index (χ0n) is 11.6. The van der Waals surface area contributed by atoms with E-state index in [9.17, 15) is 4.79 Å². The van der Waals surface area contributed by atoms with Crippen molar-refractivity contribution in [3.05, 3.63) is 53.9 Å². The summed E-state index contributed by atoms with van der Waals surface area (Å²) in [5.74, 6) is -0.368. The molecule has 0 fully saturated rings. The Labute approximate surface area is 113 Å². The average Bonchev–Trinajstić information content (AvgIpc) is 2.78. The molecular formula is C15H20N2O2. The first-order chi connectivity index (χ1) is 9.16. The Hall–Kier alpha value is -2.23. The SMILES string of the molecule is CC.Cn1cc(N)cc1C(=O)OCc1ccccc1. The maximum atomic E-state index is 11.8. The number of nitrogens with two attached hydrogens (primary N) is 1. The van der Waals surface area contributed by atoms with E-state index in [0.717, 1.165) is 5.56 Å². The van der Waals surface area contributed by atoms with E-state index in [4.69, 9.17) is 10.5 Å². The lowest BCUT2D eigenvalue weighted by molar-refractivity contribution is 0.0461. The summed E-state index contributed by atoms with van der Waals surface area (Å²) in [6.07, 6.45) is 1.68. The van der Waals surface area contributed by atoms with Crippen molar-refractivity contribution in [3.63, 3.8) is 0 Å². The molecule has 0 radical (unpaired) electrons. The van der Waals surface area contributed by atoms with Crippen molar-refractivity contribution in [2.75, 3.05) is 5.73 Å². The lowest BCUT2D eigenvalue weighted by atomic mass is 10.2. The molecule has 0 atom stereocenters.